The molecule has 1 atom stereocenters. The molecule has 0 saturated carbocycles. The van der Waals surface area contributed by atoms with Crippen LogP contribution in [0.2, 0.25) is 0 Å². The molecule has 0 aromatic heterocycles. The highest BCUT2D eigenvalue weighted by Gasteiger charge is 2.16. The minimum Gasteiger partial charge on any atom is -0.496 e. The van der Waals surface area contributed by atoms with Crippen molar-refractivity contribution in [3.05, 3.63) is 63.6 Å². The molecule has 0 radical (unpaired) electrons. The third-order valence-corrected chi connectivity index (χ3v) is 3.79. The molecule has 1 N–H and O–H groups in total. The van der Waals surface area contributed by atoms with Gasteiger partial charge < -0.3 is 9.84 Å². The highest BCUT2D eigenvalue weighted by Crippen LogP contribution is 2.32. The summed E-state index contributed by atoms with van der Waals surface area (Å²) < 4.78 is 6.29. The van der Waals surface area contributed by atoms with Crippen molar-refractivity contribution in [3.8, 4) is 5.75 Å². The number of methoxy groups -OCH3 is 1. The molecule has 2 aromatic carbocycles. The van der Waals surface area contributed by atoms with Crippen LogP contribution >= 0.6 is 15.9 Å². The number of ether oxygens (including phenoxy) is 1. The molecule has 0 aliphatic heterocycles. The van der Waals surface area contributed by atoms with Gasteiger partial charge in [0.15, 0.2) is 0 Å². The first-order valence-corrected chi connectivity index (χ1v) is 7.55. The molecular formula is C17H19BrO2. The molecule has 2 nitrogen and oxygen atoms in total. The Kier molecular flexibility index (Phi) is 5.21. The van der Waals surface area contributed by atoms with E-state index in [-0.39, 0.29) is 0 Å². The maximum atomic E-state index is 10.6. The van der Waals surface area contributed by atoms with E-state index in [9.17, 15) is 5.11 Å². The normalized spacial score (nSPS) is 12.2. The fourth-order valence-electron chi connectivity index (χ4n) is 2.30. The summed E-state index contributed by atoms with van der Waals surface area (Å²) in [6.45, 7) is 2.15. The van der Waals surface area contributed by atoms with Gasteiger partial charge in [0.2, 0.25) is 0 Å². The second-order valence-corrected chi connectivity index (χ2v) is 5.70. The summed E-state index contributed by atoms with van der Waals surface area (Å²) in [5.74, 6) is 0.688. The lowest BCUT2D eigenvalue weighted by Gasteiger charge is -2.16. The number of halogens is 1. The van der Waals surface area contributed by atoms with Gasteiger partial charge in [-0.05, 0) is 29.7 Å². The number of aliphatic hydroxyl groups is 1. The fourth-order valence-corrected chi connectivity index (χ4v) is 2.64. The van der Waals surface area contributed by atoms with E-state index < -0.39 is 6.10 Å². The summed E-state index contributed by atoms with van der Waals surface area (Å²) in [6.07, 6.45) is 1.45. The maximum Gasteiger partial charge on any atom is 0.126 e. The van der Waals surface area contributed by atoms with Gasteiger partial charge in [-0.1, -0.05) is 59.6 Å². The van der Waals surface area contributed by atoms with Crippen molar-refractivity contribution in [2.75, 3.05) is 7.11 Å². The minimum atomic E-state index is -0.671. The number of hydrogen-bond acceptors (Lipinski definition) is 2. The van der Waals surface area contributed by atoms with Gasteiger partial charge in [-0.15, -0.1) is 0 Å². The van der Waals surface area contributed by atoms with Crippen molar-refractivity contribution in [2.45, 2.75) is 25.9 Å². The summed E-state index contributed by atoms with van der Waals surface area (Å²) in [5.41, 5.74) is 2.93. The molecule has 2 aromatic rings. The van der Waals surface area contributed by atoms with Gasteiger partial charge in [0.25, 0.3) is 0 Å². The van der Waals surface area contributed by atoms with Crippen LogP contribution in [0.3, 0.4) is 0 Å². The van der Waals surface area contributed by atoms with Gasteiger partial charge in [-0.3, -0.25) is 0 Å². The van der Waals surface area contributed by atoms with Gasteiger partial charge in [-0.25, -0.2) is 0 Å². The van der Waals surface area contributed by atoms with Gasteiger partial charge in [-0.2, -0.15) is 0 Å². The van der Waals surface area contributed by atoms with E-state index in [4.69, 9.17) is 4.74 Å². The number of rotatable bonds is 5. The lowest BCUT2D eigenvalue weighted by Crippen LogP contribution is -2.03. The summed E-state index contributed by atoms with van der Waals surface area (Å²) in [7, 11) is 1.62. The van der Waals surface area contributed by atoms with E-state index in [1.165, 1.54) is 5.56 Å². The molecule has 3 heteroatoms. The van der Waals surface area contributed by atoms with Gasteiger partial charge >= 0.3 is 0 Å². The SMILES string of the molecule is CCCc1cccc(C(O)c2ccc(Br)cc2OC)c1. The van der Waals surface area contributed by atoms with Crippen molar-refractivity contribution >= 4 is 15.9 Å². The minimum absolute atomic E-state index is 0.671. The van der Waals surface area contributed by atoms with Crippen LogP contribution < -0.4 is 4.74 Å². The lowest BCUT2D eigenvalue weighted by molar-refractivity contribution is 0.214. The number of hydrogen-bond donors (Lipinski definition) is 1. The monoisotopic (exact) mass is 334 g/mol. The van der Waals surface area contributed by atoms with Crippen molar-refractivity contribution in [1.29, 1.82) is 0 Å². The molecular weight excluding hydrogens is 316 g/mol. The Hall–Kier alpha value is -1.32. The van der Waals surface area contributed by atoms with Gasteiger partial charge in [0.05, 0.1) is 7.11 Å². The van der Waals surface area contributed by atoms with Crippen LogP contribution in [0.4, 0.5) is 0 Å². The second-order valence-electron chi connectivity index (χ2n) is 4.78. The average molecular weight is 335 g/mol. The first kappa shape index (κ1) is 15.1. The Morgan fingerprint density at radius 3 is 2.70 bits per heavy atom. The van der Waals surface area contributed by atoms with Crippen molar-refractivity contribution in [2.24, 2.45) is 0 Å². The van der Waals surface area contributed by atoms with Gasteiger partial charge in [0, 0.05) is 10.0 Å². The third-order valence-electron chi connectivity index (χ3n) is 3.30. The number of aliphatic hydroxyl groups excluding tert-OH is 1. The molecule has 20 heavy (non-hydrogen) atoms. The zero-order chi connectivity index (χ0) is 14.5. The van der Waals surface area contributed by atoms with Crippen LogP contribution in [0.5, 0.6) is 5.75 Å². The second kappa shape index (κ2) is 6.91. The highest BCUT2D eigenvalue weighted by molar-refractivity contribution is 9.10. The quantitative estimate of drug-likeness (QED) is 0.872. The first-order chi connectivity index (χ1) is 9.65. The first-order valence-electron chi connectivity index (χ1n) is 6.76. The molecule has 0 bridgehead atoms. The molecule has 0 aliphatic rings. The Morgan fingerprint density at radius 1 is 1.20 bits per heavy atom. The summed E-state index contributed by atoms with van der Waals surface area (Å²) in [5, 5.41) is 10.6. The van der Waals surface area contributed by atoms with E-state index in [2.05, 4.69) is 35.0 Å². The van der Waals surface area contributed by atoms with E-state index in [0.717, 1.165) is 28.4 Å². The topological polar surface area (TPSA) is 29.5 Å². The molecule has 0 saturated heterocycles. The average Bonchev–Trinajstić information content (AvgIpc) is 2.47. The fraction of sp³-hybridized carbons (Fsp3) is 0.294. The van der Waals surface area contributed by atoms with E-state index in [1.807, 2.05) is 30.3 Å². The van der Waals surface area contributed by atoms with Crippen LogP contribution in [-0.2, 0) is 6.42 Å². The largest absolute Gasteiger partial charge is 0.496 e. The summed E-state index contributed by atoms with van der Waals surface area (Å²) in [6, 6.07) is 13.8. The molecule has 0 spiro atoms. The molecule has 0 aliphatic carbocycles. The predicted octanol–water partition coefficient (Wildman–Crippen LogP) is 4.49. The van der Waals surface area contributed by atoms with Crippen molar-refractivity contribution < 1.29 is 9.84 Å². The highest BCUT2D eigenvalue weighted by atomic mass is 79.9. The Balaban J connectivity index is 2.35. The number of benzene rings is 2. The van der Waals surface area contributed by atoms with E-state index >= 15 is 0 Å². The standard InChI is InChI=1S/C17H19BrO2/c1-3-5-12-6-4-7-13(10-12)17(19)15-9-8-14(18)11-16(15)20-2/h4,6-11,17,19H,3,5H2,1-2H3. The molecule has 0 fully saturated rings. The van der Waals surface area contributed by atoms with Crippen LogP contribution in [0.25, 0.3) is 0 Å². The molecule has 1 unspecified atom stereocenters. The molecule has 106 valence electrons. The van der Waals surface area contributed by atoms with Crippen LogP contribution in [-0.4, -0.2) is 12.2 Å². The molecule has 0 heterocycles. The Labute approximate surface area is 128 Å². The summed E-state index contributed by atoms with van der Waals surface area (Å²) in [4.78, 5) is 0. The molecule has 2 rings (SSSR count). The van der Waals surface area contributed by atoms with Crippen LogP contribution in [0, 0.1) is 0 Å². The Bertz CT molecular complexity index is 581. The van der Waals surface area contributed by atoms with Crippen LogP contribution in [0.15, 0.2) is 46.9 Å². The Morgan fingerprint density at radius 2 is 2.00 bits per heavy atom. The zero-order valence-electron chi connectivity index (χ0n) is 11.8. The smallest absolute Gasteiger partial charge is 0.126 e. The van der Waals surface area contributed by atoms with Crippen molar-refractivity contribution in [3.63, 3.8) is 0 Å². The lowest BCUT2D eigenvalue weighted by atomic mass is 9.98. The zero-order valence-corrected chi connectivity index (χ0v) is 13.4. The van der Waals surface area contributed by atoms with E-state index in [0.29, 0.717) is 5.75 Å². The maximum absolute atomic E-state index is 10.6. The predicted molar refractivity (Wildman–Crippen MR) is 85.2 cm³/mol. The van der Waals surface area contributed by atoms with Gasteiger partial charge in [0.1, 0.15) is 11.9 Å². The van der Waals surface area contributed by atoms with E-state index in [1.54, 1.807) is 7.11 Å². The number of aryl methyl sites for hydroxylation is 1. The molecule has 0 amide bonds. The van der Waals surface area contributed by atoms with Crippen LogP contribution in [0.1, 0.15) is 36.1 Å². The summed E-state index contributed by atoms with van der Waals surface area (Å²) >= 11 is 3.41. The third kappa shape index (κ3) is 3.41. The van der Waals surface area contributed by atoms with Crippen molar-refractivity contribution in [1.82, 2.24) is 0 Å².